The first kappa shape index (κ1) is 10.4. The summed E-state index contributed by atoms with van der Waals surface area (Å²) in [6, 6.07) is 8.27. The highest BCUT2D eigenvalue weighted by atomic mass is 127. The maximum absolute atomic E-state index is 5.71. The lowest BCUT2D eigenvalue weighted by molar-refractivity contribution is -0.0495. The van der Waals surface area contributed by atoms with E-state index in [4.69, 9.17) is 9.47 Å². The van der Waals surface area contributed by atoms with Gasteiger partial charge in [-0.1, -0.05) is 18.2 Å². The molecule has 0 bridgehead atoms. The third kappa shape index (κ3) is 1.94. The second-order valence-corrected chi connectivity index (χ2v) is 4.65. The lowest BCUT2D eigenvalue weighted by Crippen LogP contribution is -2.11. The largest absolute Gasteiger partial charge is 0.347 e. The molecule has 2 rings (SSSR count). The zero-order valence-electron chi connectivity index (χ0n) is 8.24. The van der Waals surface area contributed by atoms with Crippen molar-refractivity contribution in [2.75, 3.05) is 0 Å². The van der Waals surface area contributed by atoms with Gasteiger partial charge in [0.05, 0.1) is 6.10 Å². The summed E-state index contributed by atoms with van der Waals surface area (Å²) in [6.45, 7) is 3.99. The molecule has 76 valence electrons. The van der Waals surface area contributed by atoms with E-state index in [1.54, 1.807) is 0 Å². The predicted octanol–water partition coefficient (Wildman–Crippen LogP) is 3.11. The summed E-state index contributed by atoms with van der Waals surface area (Å²) in [4.78, 5) is 0. The first-order chi connectivity index (χ1) is 6.68. The fraction of sp³-hybridized carbons (Fsp3) is 0.455. The van der Waals surface area contributed by atoms with Crippen LogP contribution in [0.15, 0.2) is 24.3 Å². The normalized spacial score (nSPS) is 32.1. The highest BCUT2D eigenvalue weighted by Crippen LogP contribution is 2.34. The van der Waals surface area contributed by atoms with Crippen molar-refractivity contribution in [1.82, 2.24) is 0 Å². The van der Waals surface area contributed by atoms with E-state index in [-0.39, 0.29) is 18.5 Å². The Hall–Kier alpha value is -0.130. The first-order valence-electron chi connectivity index (χ1n) is 4.74. The summed E-state index contributed by atoms with van der Waals surface area (Å²) in [6.07, 6.45) is 0.130. The van der Waals surface area contributed by atoms with Crippen molar-refractivity contribution in [1.29, 1.82) is 0 Å². The van der Waals surface area contributed by atoms with E-state index in [1.165, 1.54) is 9.13 Å². The van der Waals surface area contributed by atoms with Crippen LogP contribution in [0.2, 0.25) is 0 Å². The van der Waals surface area contributed by atoms with Gasteiger partial charge in [0.1, 0.15) is 6.10 Å². The number of ether oxygens (including phenoxy) is 2. The lowest BCUT2D eigenvalue weighted by Gasteiger charge is -2.14. The van der Waals surface area contributed by atoms with Gasteiger partial charge in [0.15, 0.2) is 6.29 Å². The Bertz CT molecular complexity index is 327. The van der Waals surface area contributed by atoms with Crippen LogP contribution in [0.5, 0.6) is 0 Å². The van der Waals surface area contributed by atoms with Gasteiger partial charge in [-0.2, -0.15) is 0 Å². The van der Waals surface area contributed by atoms with Gasteiger partial charge in [-0.05, 0) is 48.1 Å². The van der Waals surface area contributed by atoms with Crippen molar-refractivity contribution in [2.24, 2.45) is 0 Å². The Morgan fingerprint density at radius 3 is 2.43 bits per heavy atom. The molecule has 0 amide bonds. The van der Waals surface area contributed by atoms with Gasteiger partial charge < -0.3 is 9.47 Å². The van der Waals surface area contributed by atoms with Crippen molar-refractivity contribution in [2.45, 2.75) is 32.3 Å². The van der Waals surface area contributed by atoms with Gasteiger partial charge in [0, 0.05) is 3.57 Å². The summed E-state index contributed by atoms with van der Waals surface area (Å²) >= 11 is 2.33. The molecule has 1 aromatic carbocycles. The summed E-state index contributed by atoms with van der Waals surface area (Å²) in [5.41, 5.74) is 1.23. The van der Waals surface area contributed by atoms with Crippen LogP contribution in [-0.2, 0) is 9.47 Å². The maximum Gasteiger partial charge on any atom is 0.156 e. The van der Waals surface area contributed by atoms with Crippen LogP contribution in [0, 0.1) is 3.57 Å². The van der Waals surface area contributed by atoms with Gasteiger partial charge in [0.2, 0.25) is 0 Å². The molecule has 1 aliphatic heterocycles. The van der Waals surface area contributed by atoms with Crippen molar-refractivity contribution >= 4 is 22.6 Å². The van der Waals surface area contributed by atoms with Crippen LogP contribution >= 0.6 is 22.6 Å². The predicted molar refractivity (Wildman–Crippen MR) is 63.0 cm³/mol. The Balaban J connectivity index is 2.27. The molecule has 1 unspecified atom stereocenters. The van der Waals surface area contributed by atoms with E-state index in [2.05, 4.69) is 41.6 Å². The van der Waals surface area contributed by atoms with Gasteiger partial charge in [0.25, 0.3) is 0 Å². The first-order valence-corrected chi connectivity index (χ1v) is 5.81. The summed E-state index contributed by atoms with van der Waals surface area (Å²) in [7, 11) is 0. The van der Waals surface area contributed by atoms with Crippen LogP contribution in [-0.4, -0.2) is 12.4 Å². The molecule has 2 nitrogen and oxygen atoms in total. The molecule has 0 N–H and O–H groups in total. The molecular formula is C11H13IO2. The van der Waals surface area contributed by atoms with Crippen LogP contribution in [0.25, 0.3) is 0 Å². The second kappa shape index (κ2) is 4.16. The van der Waals surface area contributed by atoms with Crippen molar-refractivity contribution in [3.8, 4) is 0 Å². The molecule has 3 atom stereocenters. The van der Waals surface area contributed by atoms with E-state index < -0.39 is 0 Å². The molecular weight excluding hydrogens is 291 g/mol. The average molecular weight is 304 g/mol. The monoisotopic (exact) mass is 304 g/mol. The molecule has 1 fully saturated rings. The quantitative estimate of drug-likeness (QED) is 0.742. The molecule has 1 heterocycles. The smallest absolute Gasteiger partial charge is 0.156 e. The number of benzene rings is 1. The van der Waals surface area contributed by atoms with Crippen LogP contribution in [0.4, 0.5) is 0 Å². The third-order valence-electron chi connectivity index (χ3n) is 2.38. The molecule has 0 spiro atoms. The average Bonchev–Trinajstić information content (AvgIpc) is 2.46. The molecule has 1 aromatic rings. The highest BCUT2D eigenvalue weighted by Gasteiger charge is 2.32. The molecule has 0 aromatic heterocycles. The second-order valence-electron chi connectivity index (χ2n) is 3.49. The maximum atomic E-state index is 5.71. The summed E-state index contributed by atoms with van der Waals surface area (Å²) < 4.78 is 12.5. The highest BCUT2D eigenvalue weighted by molar-refractivity contribution is 14.1. The third-order valence-corrected chi connectivity index (χ3v) is 3.37. The van der Waals surface area contributed by atoms with Crippen LogP contribution < -0.4 is 0 Å². The standard InChI is InChI=1S/C11H13IO2/c1-7-11(14-8(2)13-7)9-5-3-4-6-10(9)12/h3-8,11H,1-2H3/t7-,8?,11+/m0/s1. The minimum Gasteiger partial charge on any atom is -0.347 e. The molecule has 0 aliphatic carbocycles. The zero-order chi connectivity index (χ0) is 10.1. The van der Waals surface area contributed by atoms with E-state index in [1.807, 2.05) is 19.1 Å². The summed E-state index contributed by atoms with van der Waals surface area (Å²) in [5, 5.41) is 0. The molecule has 0 saturated carbocycles. The molecule has 0 radical (unpaired) electrons. The van der Waals surface area contributed by atoms with Gasteiger partial charge in [-0.3, -0.25) is 0 Å². The number of rotatable bonds is 1. The minimum atomic E-state index is -0.0917. The Kier molecular flexibility index (Phi) is 3.09. The van der Waals surface area contributed by atoms with Crippen molar-refractivity contribution in [3.63, 3.8) is 0 Å². The molecule has 1 aliphatic rings. The van der Waals surface area contributed by atoms with Gasteiger partial charge in [-0.15, -0.1) is 0 Å². The minimum absolute atomic E-state index is 0.0816. The molecule has 1 saturated heterocycles. The van der Waals surface area contributed by atoms with Crippen molar-refractivity contribution < 1.29 is 9.47 Å². The fourth-order valence-electron chi connectivity index (χ4n) is 1.75. The number of hydrogen-bond donors (Lipinski definition) is 0. The summed E-state index contributed by atoms with van der Waals surface area (Å²) in [5.74, 6) is 0. The van der Waals surface area contributed by atoms with E-state index in [0.29, 0.717) is 0 Å². The molecule has 3 heteroatoms. The number of halogens is 1. The topological polar surface area (TPSA) is 18.5 Å². The fourth-order valence-corrected chi connectivity index (χ4v) is 2.45. The Morgan fingerprint density at radius 2 is 1.86 bits per heavy atom. The van der Waals surface area contributed by atoms with Crippen LogP contribution in [0.1, 0.15) is 25.5 Å². The lowest BCUT2D eigenvalue weighted by atomic mass is 10.1. The van der Waals surface area contributed by atoms with E-state index in [0.717, 1.165) is 0 Å². The van der Waals surface area contributed by atoms with E-state index >= 15 is 0 Å². The molecule has 14 heavy (non-hydrogen) atoms. The Labute approximate surface area is 97.7 Å². The van der Waals surface area contributed by atoms with Crippen molar-refractivity contribution in [3.05, 3.63) is 33.4 Å². The number of hydrogen-bond acceptors (Lipinski definition) is 2. The van der Waals surface area contributed by atoms with Gasteiger partial charge in [-0.25, -0.2) is 0 Å². The van der Waals surface area contributed by atoms with Crippen LogP contribution in [0.3, 0.4) is 0 Å². The van der Waals surface area contributed by atoms with Gasteiger partial charge >= 0.3 is 0 Å². The SMILES string of the molecule is CC1O[C@@H](C)[C@H](c2ccccc2I)O1. The van der Waals surface area contributed by atoms with E-state index in [9.17, 15) is 0 Å². The Morgan fingerprint density at radius 1 is 1.14 bits per heavy atom. The zero-order valence-corrected chi connectivity index (χ0v) is 10.4.